The molecule has 1 aromatic rings. The topological polar surface area (TPSA) is 58.6 Å². The van der Waals surface area contributed by atoms with Crippen LogP contribution in [0.1, 0.15) is 11.1 Å². The minimum absolute atomic E-state index is 0.257. The first kappa shape index (κ1) is 16.3. The second-order valence-corrected chi connectivity index (χ2v) is 7.73. The lowest BCUT2D eigenvalue weighted by molar-refractivity contribution is 0.199. The number of nitrogens with one attached hydrogen (secondary N) is 1. The molecule has 1 heterocycles. The van der Waals surface area contributed by atoms with E-state index >= 15 is 0 Å². The molecule has 1 N–H and O–H groups in total. The van der Waals surface area contributed by atoms with Gasteiger partial charge in [-0.2, -0.15) is 0 Å². The summed E-state index contributed by atoms with van der Waals surface area (Å²) in [7, 11) is -1.13. The number of ether oxygens (including phenoxy) is 1. The van der Waals surface area contributed by atoms with Gasteiger partial charge in [-0.3, -0.25) is 0 Å². The molecule has 0 radical (unpaired) electrons. The lowest BCUT2D eigenvalue weighted by Crippen LogP contribution is -2.40. The molecule has 2 rings (SSSR count). The number of nitrogens with zero attached hydrogens (tertiary/aromatic N) is 1. The molecule has 21 heavy (non-hydrogen) atoms. The molecule has 0 amide bonds. The van der Waals surface area contributed by atoms with Crippen LogP contribution in [0.15, 0.2) is 18.2 Å². The Bertz CT molecular complexity index is 558. The lowest BCUT2D eigenvalue weighted by atomic mass is 10.1. The summed E-state index contributed by atoms with van der Waals surface area (Å²) < 4.78 is 28.0. The smallest absolute Gasteiger partial charge is 0.153 e. The molecule has 1 aromatic carbocycles. The van der Waals surface area contributed by atoms with E-state index in [0.717, 1.165) is 18.8 Å². The molecule has 1 aliphatic rings. The van der Waals surface area contributed by atoms with Crippen molar-refractivity contribution in [3.63, 3.8) is 0 Å². The minimum atomic E-state index is -2.83. The van der Waals surface area contributed by atoms with E-state index < -0.39 is 9.84 Å². The van der Waals surface area contributed by atoms with Gasteiger partial charge in [0.05, 0.1) is 18.1 Å². The van der Waals surface area contributed by atoms with E-state index in [9.17, 15) is 8.42 Å². The number of anilines is 1. The number of rotatable bonds is 6. The van der Waals surface area contributed by atoms with Gasteiger partial charge in [0.2, 0.25) is 0 Å². The van der Waals surface area contributed by atoms with Gasteiger partial charge in [0, 0.05) is 39.0 Å². The molecule has 5 nitrogen and oxygen atoms in total. The van der Waals surface area contributed by atoms with Gasteiger partial charge in [-0.15, -0.1) is 0 Å². The summed E-state index contributed by atoms with van der Waals surface area (Å²) in [5.74, 6) is 0.513. The Hall–Kier alpha value is -1.11. The van der Waals surface area contributed by atoms with E-state index in [2.05, 4.69) is 35.3 Å². The predicted octanol–water partition coefficient (Wildman–Crippen LogP) is 0.966. The Morgan fingerprint density at radius 1 is 1.29 bits per heavy atom. The Kier molecular flexibility index (Phi) is 5.61. The molecule has 0 aromatic heterocycles. The van der Waals surface area contributed by atoms with Crippen molar-refractivity contribution in [2.75, 3.05) is 49.8 Å². The Morgan fingerprint density at radius 3 is 2.62 bits per heavy atom. The monoisotopic (exact) mass is 312 g/mol. The van der Waals surface area contributed by atoms with Gasteiger partial charge in [-0.1, -0.05) is 12.1 Å². The van der Waals surface area contributed by atoms with Crippen molar-refractivity contribution in [2.24, 2.45) is 0 Å². The predicted molar refractivity (Wildman–Crippen MR) is 85.6 cm³/mol. The van der Waals surface area contributed by atoms with Gasteiger partial charge in [-0.05, 0) is 24.1 Å². The summed E-state index contributed by atoms with van der Waals surface area (Å²) >= 11 is 0. The van der Waals surface area contributed by atoms with Gasteiger partial charge >= 0.3 is 0 Å². The van der Waals surface area contributed by atoms with Gasteiger partial charge in [-0.25, -0.2) is 8.42 Å². The molecule has 0 bridgehead atoms. The second kappa shape index (κ2) is 7.24. The third-order valence-electron chi connectivity index (χ3n) is 3.76. The van der Waals surface area contributed by atoms with Crippen LogP contribution < -0.4 is 10.2 Å². The zero-order valence-electron chi connectivity index (χ0n) is 12.8. The van der Waals surface area contributed by atoms with Crippen molar-refractivity contribution in [1.29, 1.82) is 0 Å². The molecule has 0 unspecified atom stereocenters. The number of hydrogen-bond donors (Lipinski definition) is 1. The van der Waals surface area contributed by atoms with E-state index in [1.807, 2.05) is 0 Å². The molecular formula is C15H24N2O3S. The highest BCUT2D eigenvalue weighted by Gasteiger charge is 2.22. The molecule has 1 saturated heterocycles. The summed E-state index contributed by atoms with van der Waals surface area (Å²) in [5.41, 5.74) is 3.57. The van der Waals surface area contributed by atoms with Crippen molar-refractivity contribution in [1.82, 2.24) is 5.32 Å². The summed E-state index contributed by atoms with van der Waals surface area (Å²) in [5, 5.41) is 3.32. The fourth-order valence-corrected chi connectivity index (χ4v) is 3.74. The standard InChI is InChI=1S/C15H24N2O3S/c1-13-11-14(12-16-5-8-20-2)3-4-15(13)17-6-9-21(18,19)10-7-17/h3-4,11,16H,5-10,12H2,1-2H3. The van der Waals surface area contributed by atoms with Gasteiger partial charge in [0.25, 0.3) is 0 Å². The van der Waals surface area contributed by atoms with Gasteiger partial charge in [0.1, 0.15) is 0 Å². The fourth-order valence-electron chi connectivity index (χ4n) is 2.54. The highest BCUT2D eigenvalue weighted by Crippen LogP contribution is 2.23. The molecule has 0 aliphatic carbocycles. The molecule has 118 valence electrons. The Balaban J connectivity index is 1.96. The summed E-state index contributed by atoms with van der Waals surface area (Å²) in [4.78, 5) is 2.17. The van der Waals surface area contributed by atoms with Crippen LogP contribution in [0.25, 0.3) is 0 Å². The average molecular weight is 312 g/mol. The molecule has 0 saturated carbocycles. The Labute approximate surface area is 127 Å². The van der Waals surface area contributed by atoms with Crippen molar-refractivity contribution in [3.05, 3.63) is 29.3 Å². The maximum absolute atomic E-state index is 11.5. The van der Waals surface area contributed by atoms with E-state index in [4.69, 9.17) is 4.74 Å². The summed E-state index contributed by atoms with van der Waals surface area (Å²) in [6, 6.07) is 6.37. The van der Waals surface area contributed by atoms with Crippen molar-refractivity contribution in [2.45, 2.75) is 13.5 Å². The van der Waals surface area contributed by atoms with Gasteiger partial charge in [0.15, 0.2) is 9.84 Å². The van der Waals surface area contributed by atoms with E-state index in [1.165, 1.54) is 11.1 Å². The minimum Gasteiger partial charge on any atom is -0.383 e. The SMILES string of the molecule is COCCNCc1ccc(N2CCS(=O)(=O)CC2)c(C)c1. The highest BCUT2D eigenvalue weighted by molar-refractivity contribution is 7.91. The first-order chi connectivity index (χ1) is 10.0. The maximum Gasteiger partial charge on any atom is 0.153 e. The van der Waals surface area contributed by atoms with Crippen LogP contribution in [-0.2, 0) is 21.1 Å². The van der Waals surface area contributed by atoms with Crippen LogP contribution in [-0.4, -0.2) is 53.3 Å². The van der Waals surface area contributed by atoms with E-state index in [-0.39, 0.29) is 11.5 Å². The second-order valence-electron chi connectivity index (χ2n) is 5.43. The first-order valence-corrected chi connectivity index (χ1v) is 9.08. The van der Waals surface area contributed by atoms with Crippen molar-refractivity contribution in [3.8, 4) is 0 Å². The maximum atomic E-state index is 11.5. The first-order valence-electron chi connectivity index (χ1n) is 7.26. The molecule has 1 aliphatic heterocycles. The van der Waals surface area contributed by atoms with Crippen LogP contribution in [0.3, 0.4) is 0 Å². The van der Waals surface area contributed by atoms with Gasteiger partial charge < -0.3 is 15.0 Å². The zero-order chi connectivity index (χ0) is 15.3. The van der Waals surface area contributed by atoms with E-state index in [1.54, 1.807) is 7.11 Å². The van der Waals surface area contributed by atoms with Crippen LogP contribution in [0.5, 0.6) is 0 Å². The van der Waals surface area contributed by atoms with Crippen LogP contribution >= 0.6 is 0 Å². The summed E-state index contributed by atoms with van der Waals surface area (Å²) in [6.45, 7) is 5.62. The number of benzene rings is 1. The number of hydrogen-bond acceptors (Lipinski definition) is 5. The number of methoxy groups -OCH3 is 1. The van der Waals surface area contributed by atoms with E-state index in [0.29, 0.717) is 19.7 Å². The normalized spacial score (nSPS) is 17.9. The zero-order valence-corrected chi connectivity index (χ0v) is 13.6. The highest BCUT2D eigenvalue weighted by atomic mass is 32.2. The largest absolute Gasteiger partial charge is 0.383 e. The number of sulfone groups is 1. The lowest BCUT2D eigenvalue weighted by Gasteiger charge is -2.30. The molecule has 0 atom stereocenters. The molecule has 1 fully saturated rings. The molecule has 0 spiro atoms. The van der Waals surface area contributed by atoms with Crippen LogP contribution in [0.2, 0.25) is 0 Å². The van der Waals surface area contributed by atoms with Crippen molar-refractivity contribution >= 4 is 15.5 Å². The molecular weight excluding hydrogens is 288 g/mol. The summed E-state index contributed by atoms with van der Waals surface area (Å²) in [6.07, 6.45) is 0. The fraction of sp³-hybridized carbons (Fsp3) is 0.600. The van der Waals surface area contributed by atoms with Crippen LogP contribution in [0, 0.1) is 6.92 Å². The van der Waals surface area contributed by atoms with Crippen LogP contribution in [0.4, 0.5) is 5.69 Å². The third-order valence-corrected chi connectivity index (χ3v) is 5.37. The average Bonchev–Trinajstić information content (AvgIpc) is 2.44. The third kappa shape index (κ3) is 4.69. The quantitative estimate of drug-likeness (QED) is 0.793. The van der Waals surface area contributed by atoms with Crippen molar-refractivity contribution < 1.29 is 13.2 Å². The number of aryl methyl sites for hydroxylation is 1. The molecule has 6 heteroatoms. The Morgan fingerprint density at radius 2 is 2.00 bits per heavy atom.